The van der Waals surface area contributed by atoms with Gasteiger partial charge < -0.3 is 5.32 Å². The highest BCUT2D eigenvalue weighted by molar-refractivity contribution is 7.92. The molecule has 0 atom stereocenters. The highest BCUT2D eigenvalue weighted by atomic mass is 32.2. The standard InChI is InChI=1S/C12H19FN2O2S/c1-3-14-7-4-8-18(16,17)15-12-6-5-10(2)9-11(12)13/h5-6,9,14-15H,3-4,7-8H2,1-2H3. The van der Waals surface area contributed by atoms with Crippen molar-refractivity contribution in [3.05, 3.63) is 29.6 Å². The molecule has 0 radical (unpaired) electrons. The van der Waals surface area contributed by atoms with Gasteiger partial charge in [-0.1, -0.05) is 13.0 Å². The highest BCUT2D eigenvalue weighted by Gasteiger charge is 2.12. The molecule has 0 saturated heterocycles. The van der Waals surface area contributed by atoms with Gasteiger partial charge >= 0.3 is 0 Å². The fraction of sp³-hybridized carbons (Fsp3) is 0.500. The van der Waals surface area contributed by atoms with Gasteiger partial charge in [0.2, 0.25) is 10.0 Å². The smallest absolute Gasteiger partial charge is 0.232 e. The second-order valence-corrected chi connectivity index (χ2v) is 5.95. The Hall–Kier alpha value is -1.14. The number of hydrogen-bond donors (Lipinski definition) is 2. The number of anilines is 1. The van der Waals surface area contributed by atoms with Crippen LogP contribution in [0.25, 0.3) is 0 Å². The molecule has 0 bridgehead atoms. The molecule has 0 aliphatic heterocycles. The Morgan fingerprint density at radius 2 is 2.06 bits per heavy atom. The summed E-state index contributed by atoms with van der Waals surface area (Å²) in [5.41, 5.74) is 0.756. The molecule has 0 heterocycles. The SMILES string of the molecule is CCNCCCS(=O)(=O)Nc1ccc(C)cc1F. The minimum absolute atomic E-state index is 0.00375. The average Bonchev–Trinajstić information content (AvgIpc) is 2.28. The van der Waals surface area contributed by atoms with E-state index in [4.69, 9.17) is 0 Å². The zero-order chi connectivity index (χ0) is 13.6. The van der Waals surface area contributed by atoms with Crippen LogP contribution in [0.1, 0.15) is 18.9 Å². The van der Waals surface area contributed by atoms with Gasteiger partial charge in [-0.25, -0.2) is 12.8 Å². The van der Waals surface area contributed by atoms with E-state index in [0.29, 0.717) is 13.0 Å². The zero-order valence-electron chi connectivity index (χ0n) is 10.7. The van der Waals surface area contributed by atoms with Crippen LogP contribution in [0.15, 0.2) is 18.2 Å². The first-order valence-corrected chi connectivity index (χ1v) is 7.57. The summed E-state index contributed by atoms with van der Waals surface area (Å²) < 4.78 is 39.1. The molecular weight excluding hydrogens is 255 g/mol. The summed E-state index contributed by atoms with van der Waals surface area (Å²) in [6.45, 7) is 5.14. The lowest BCUT2D eigenvalue weighted by Gasteiger charge is -2.09. The number of sulfonamides is 1. The molecule has 0 unspecified atom stereocenters. The summed E-state index contributed by atoms with van der Waals surface area (Å²) in [6.07, 6.45) is 0.497. The summed E-state index contributed by atoms with van der Waals surface area (Å²) in [6, 6.07) is 4.41. The van der Waals surface area contributed by atoms with Crippen molar-refractivity contribution in [3.8, 4) is 0 Å². The van der Waals surface area contributed by atoms with E-state index in [2.05, 4.69) is 10.0 Å². The normalized spacial score (nSPS) is 11.5. The Morgan fingerprint density at radius 3 is 2.67 bits per heavy atom. The Bertz CT molecular complexity index is 489. The van der Waals surface area contributed by atoms with E-state index in [9.17, 15) is 12.8 Å². The molecule has 0 fully saturated rings. The first kappa shape index (κ1) is 14.9. The van der Waals surface area contributed by atoms with E-state index < -0.39 is 15.8 Å². The fourth-order valence-electron chi connectivity index (χ4n) is 1.49. The van der Waals surface area contributed by atoms with Gasteiger partial charge in [0.25, 0.3) is 0 Å². The lowest BCUT2D eigenvalue weighted by atomic mass is 10.2. The molecule has 0 saturated carbocycles. The minimum Gasteiger partial charge on any atom is -0.317 e. The third-order valence-electron chi connectivity index (χ3n) is 2.41. The molecule has 4 nitrogen and oxygen atoms in total. The molecule has 1 aromatic carbocycles. The number of aryl methyl sites for hydroxylation is 1. The van der Waals surface area contributed by atoms with Crippen LogP contribution in [0.2, 0.25) is 0 Å². The number of hydrogen-bond acceptors (Lipinski definition) is 3. The van der Waals surface area contributed by atoms with Crippen molar-refractivity contribution in [2.24, 2.45) is 0 Å². The predicted molar refractivity (Wildman–Crippen MR) is 71.7 cm³/mol. The Kier molecular flexibility index (Phi) is 5.55. The topological polar surface area (TPSA) is 58.2 Å². The maximum absolute atomic E-state index is 13.5. The van der Waals surface area contributed by atoms with Gasteiger partial charge in [-0.15, -0.1) is 0 Å². The van der Waals surface area contributed by atoms with E-state index >= 15 is 0 Å². The third kappa shape index (κ3) is 5.01. The Balaban J connectivity index is 2.59. The van der Waals surface area contributed by atoms with Crippen LogP contribution >= 0.6 is 0 Å². The van der Waals surface area contributed by atoms with E-state index in [0.717, 1.165) is 12.1 Å². The Labute approximate surface area is 108 Å². The minimum atomic E-state index is -3.48. The first-order chi connectivity index (χ1) is 8.44. The van der Waals surface area contributed by atoms with Gasteiger partial charge in [-0.2, -0.15) is 0 Å². The molecule has 0 aromatic heterocycles. The number of nitrogens with one attached hydrogen (secondary N) is 2. The van der Waals surface area contributed by atoms with Gasteiger partial charge in [-0.05, 0) is 44.1 Å². The maximum Gasteiger partial charge on any atom is 0.232 e. The van der Waals surface area contributed by atoms with Gasteiger partial charge in [0.15, 0.2) is 0 Å². The molecule has 0 amide bonds. The molecule has 0 aliphatic rings. The summed E-state index contributed by atoms with van der Waals surface area (Å²) in [5.74, 6) is -0.571. The molecule has 0 aliphatic carbocycles. The fourth-order valence-corrected chi connectivity index (χ4v) is 2.61. The van der Waals surface area contributed by atoms with E-state index in [1.165, 1.54) is 12.1 Å². The molecule has 2 N–H and O–H groups in total. The van der Waals surface area contributed by atoms with Crippen LogP contribution in [0.3, 0.4) is 0 Å². The number of rotatable bonds is 7. The van der Waals surface area contributed by atoms with Crippen molar-refractivity contribution >= 4 is 15.7 Å². The molecular formula is C12H19FN2O2S. The third-order valence-corrected chi connectivity index (χ3v) is 3.76. The average molecular weight is 274 g/mol. The van der Waals surface area contributed by atoms with Crippen molar-refractivity contribution in [1.82, 2.24) is 5.32 Å². The second kappa shape index (κ2) is 6.70. The van der Waals surface area contributed by atoms with Crippen molar-refractivity contribution in [1.29, 1.82) is 0 Å². The number of benzene rings is 1. The predicted octanol–water partition coefficient (Wildman–Crippen LogP) is 1.88. The monoisotopic (exact) mass is 274 g/mol. The molecule has 0 spiro atoms. The highest BCUT2D eigenvalue weighted by Crippen LogP contribution is 2.16. The van der Waals surface area contributed by atoms with Crippen LogP contribution in [0, 0.1) is 12.7 Å². The van der Waals surface area contributed by atoms with E-state index in [1.807, 2.05) is 6.92 Å². The van der Waals surface area contributed by atoms with Crippen molar-refractivity contribution in [2.75, 3.05) is 23.6 Å². The number of halogens is 1. The summed E-state index contributed by atoms with van der Waals surface area (Å²) >= 11 is 0. The lowest BCUT2D eigenvalue weighted by Crippen LogP contribution is -2.22. The van der Waals surface area contributed by atoms with Gasteiger partial charge in [0.05, 0.1) is 11.4 Å². The van der Waals surface area contributed by atoms with Crippen LogP contribution in [0.5, 0.6) is 0 Å². The van der Waals surface area contributed by atoms with Crippen molar-refractivity contribution in [3.63, 3.8) is 0 Å². The van der Waals surface area contributed by atoms with Crippen LogP contribution < -0.4 is 10.0 Å². The largest absolute Gasteiger partial charge is 0.317 e. The molecule has 18 heavy (non-hydrogen) atoms. The summed E-state index contributed by atoms with van der Waals surface area (Å²) in [7, 11) is -3.48. The van der Waals surface area contributed by atoms with Gasteiger partial charge in [0, 0.05) is 0 Å². The molecule has 1 rings (SSSR count). The lowest BCUT2D eigenvalue weighted by molar-refractivity contribution is 0.593. The molecule has 1 aromatic rings. The van der Waals surface area contributed by atoms with E-state index in [-0.39, 0.29) is 11.4 Å². The van der Waals surface area contributed by atoms with Crippen LogP contribution in [0.4, 0.5) is 10.1 Å². The van der Waals surface area contributed by atoms with Crippen LogP contribution in [-0.2, 0) is 10.0 Å². The van der Waals surface area contributed by atoms with E-state index in [1.54, 1.807) is 13.0 Å². The second-order valence-electron chi connectivity index (χ2n) is 4.11. The molecule has 102 valence electrons. The zero-order valence-corrected chi connectivity index (χ0v) is 11.5. The quantitative estimate of drug-likeness (QED) is 0.746. The maximum atomic E-state index is 13.5. The Morgan fingerprint density at radius 1 is 1.33 bits per heavy atom. The molecule has 6 heteroatoms. The van der Waals surface area contributed by atoms with Gasteiger partial charge in [-0.3, -0.25) is 4.72 Å². The van der Waals surface area contributed by atoms with Gasteiger partial charge in [0.1, 0.15) is 5.82 Å². The summed E-state index contributed by atoms with van der Waals surface area (Å²) in [5, 5.41) is 3.04. The summed E-state index contributed by atoms with van der Waals surface area (Å²) in [4.78, 5) is 0. The van der Waals surface area contributed by atoms with Crippen molar-refractivity contribution in [2.45, 2.75) is 20.3 Å². The van der Waals surface area contributed by atoms with Crippen molar-refractivity contribution < 1.29 is 12.8 Å². The van der Waals surface area contributed by atoms with Crippen LogP contribution in [-0.4, -0.2) is 27.3 Å². The first-order valence-electron chi connectivity index (χ1n) is 5.92.